The largest absolute Gasteiger partial charge is 0.413 e. The van der Waals surface area contributed by atoms with Crippen molar-refractivity contribution in [2.75, 3.05) is 0 Å². The fourth-order valence-electron chi connectivity index (χ4n) is 5.62. The van der Waals surface area contributed by atoms with Crippen molar-refractivity contribution in [2.24, 2.45) is 23.7 Å². The van der Waals surface area contributed by atoms with E-state index in [9.17, 15) is 4.79 Å². The first-order valence-electron chi connectivity index (χ1n) is 13.8. The average molecular weight is 505 g/mol. The van der Waals surface area contributed by atoms with E-state index in [0.717, 1.165) is 24.7 Å². The molecule has 2 fully saturated rings. The van der Waals surface area contributed by atoms with E-state index in [-0.39, 0.29) is 22.3 Å². The Morgan fingerprint density at radius 1 is 0.971 bits per heavy atom. The molecular weight excluding hydrogens is 452 g/mol. The molecule has 5 heteroatoms. The maximum Gasteiger partial charge on any atom is 0.192 e. The standard InChI is InChI=1S/C29H52O3Si2/c1-28(2,3)33(7,8)31-26(22-13-11-12-14-22)16-15-24-25-18-21(20-30)17-23(25)19-27(24)32-34(9,10)29(4,5)6/h15-17,20,22-27H,11-14,18-19H2,1-10H3/t23-,24-,25-,26+,27+/m0/s1. The average Bonchev–Trinajstić information content (AvgIpc) is 3.40. The number of fused-ring (bicyclic) bond motifs is 1. The van der Waals surface area contributed by atoms with E-state index in [1.807, 2.05) is 0 Å². The Morgan fingerprint density at radius 3 is 2.09 bits per heavy atom. The van der Waals surface area contributed by atoms with Crippen LogP contribution >= 0.6 is 0 Å². The van der Waals surface area contributed by atoms with Crippen molar-refractivity contribution in [2.45, 2.75) is 129 Å². The van der Waals surface area contributed by atoms with Gasteiger partial charge in [-0.15, -0.1) is 0 Å². The van der Waals surface area contributed by atoms with Crippen LogP contribution in [0.15, 0.2) is 23.8 Å². The molecule has 0 radical (unpaired) electrons. The fraction of sp³-hybridized carbons (Fsp3) is 0.828. The third kappa shape index (κ3) is 6.07. The summed E-state index contributed by atoms with van der Waals surface area (Å²) in [5, 5.41) is 0.402. The molecule has 3 aliphatic rings. The van der Waals surface area contributed by atoms with E-state index in [2.05, 4.69) is 86.0 Å². The summed E-state index contributed by atoms with van der Waals surface area (Å²) in [7, 11) is -3.75. The van der Waals surface area contributed by atoms with Crippen LogP contribution in [0.5, 0.6) is 0 Å². The first-order valence-corrected chi connectivity index (χ1v) is 19.6. The van der Waals surface area contributed by atoms with Gasteiger partial charge in [-0.1, -0.05) is 72.6 Å². The molecular formula is C29H52O3Si2. The van der Waals surface area contributed by atoms with Crippen molar-refractivity contribution in [1.29, 1.82) is 0 Å². The van der Waals surface area contributed by atoms with Crippen LogP contribution in [0.2, 0.25) is 36.3 Å². The summed E-state index contributed by atoms with van der Waals surface area (Å²) in [5.41, 5.74) is 0.990. The Morgan fingerprint density at radius 2 is 1.56 bits per heavy atom. The zero-order valence-electron chi connectivity index (χ0n) is 23.7. The molecule has 34 heavy (non-hydrogen) atoms. The van der Waals surface area contributed by atoms with Gasteiger partial charge in [-0.05, 0) is 85.3 Å². The highest BCUT2D eigenvalue weighted by Crippen LogP contribution is 2.51. The maximum absolute atomic E-state index is 11.6. The molecule has 5 atom stereocenters. The van der Waals surface area contributed by atoms with Gasteiger partial charge in [0, 0.05) is 5.92 Å². The summed E-state index contributed by atoms with van der Waals surface area (Å²) in [6.45, 7) is 23.5. The molecule has 2 saturated carbocycles. The predicted molar refractivity (Wildman–Crippen MR) is 149 cm³/mol. The first-order chi connectivity index (χ1) is 15.6. The second-order valence-electron chi connectivity index (χ2n) is 14.4. The van der Waals surface area contributed by atoms with Crippen molar-refractivity contribution in [3.8, 4) is 0 Å². The van der Waals surface area contributed by atoms with Gasteiger partial charge in [0.15, 0.2) is 16.6 Å². The fourth-order valence-corrected chi connectivity index (χ4v) is 8.29. The van der Waals surface area contributed by atoms with Gasteiger partial charge >= 0.3 is 0 Å². The number of aldehydes is 1. The van der Waals surface area contributed by atoms with Gasteiger partial charge in [0.1, 0.15) is 6.29 Å². The topological polar surface area (TPSA) is 35.5 Å². The number of hydrogen-bond acceptors (Lipinski definition) is 3. The molecule has 0 aromatic rings. The SMILES string of the molecule is CC(C)(C)[Si](C)(C)O[C@H](C=C[C@H]1[C@H]2CC(C=O)=C[C@H]2C[C@H]1O[Si](C)(C)C(C)(C)C)C1CCCC1. The van der Waals surface area contributed by atoms with Crippen molar-refractivity contribution in [1.82, 2.24) is 0 Å². The summed E-state index contributed by atoms with van der Waals surface area (Å²) < 4.78 is 14.1. The van der Waals surface area contributed by atoms with Crippen LogP contribution in [0.4, 0.5) is 0 Å². The monoisotopic (exact) mass is 504 g/mol. The van der Waals surface area contributed by atoms with Gasteiger partial charge in [-0.2, -0.15) is 0 Å². The summed E-state index contributed by atoms with van der Waals surface area (Å²) in [6.07, 6.45) is 15.8. The highest BCUT2D eigenvalue weighted by Gasteiger charge is 2.49. The number of allylic oxidation sites excluding steroid dienone is 2. The van der Waals surface area contributed by atoms with Gasteiger partial charge in [0.2, 0.25) is 0 Å². The molecule has 3 rings (SSSR count). The van der Waals surface area contributed by atoms with Crippen molar-refractivity contribution < 1.29 is 13.6 Å². The zero-order valence-corrected chi connectivity index (χ0v) is 25.7. The van der Waals surface area contributed by atoms with Crippen LogP contribution in [0.25, 0.3) is 0 Å². The molecule has 3 aliphatic carbocycles. The minimum absolute atomic E-state index is 0.195. The van der Waals surface area contributed by atoms with E-state index in [1.54, 1.807) is 0 Å². The van der Waals surface area contributed by atoms with Crippen LogP contribution in [-0.2, 0) is 13.6 Å². The molecule has 0 saturated heterocycles. The van der Waals surface area contributed by atoms with Crippen molar-refractivity contribution >= 4 is 22.9 Å². The van der Waals surface area contributed by atoms with Gasteiger partial charge in [-0.25, -0.2) is 0 Å². The van der Waals surface area contributed by atoms with E-state index < -0.39 is 16.6 Å². The number of rotatable bonds is 8. The maximum atomic E-state index is 11.6. The smallest absolute Gasteiger partial charge is 0.192 e. The number of carbonyl (C=O) groups is 1. The quantitative estimate of drug-likeness (QED) is 0.189. The molecule has 0 bridgehead atoms. The van der Waals surface area contributed by atoms with Crippen LogP contribution < -0.4 is 0 Å². The van der Waals surface area contributed by atoms with Crippen molar-refractivity contribution in [3.63, 3.8) is 0 Å². The third-order valence-corrected chi connectivity index (χ3v) is 18.9. The molecule has 0 amide bonds. The summed E-state index contributed by atoms with van der Waals surface area (Å²) in [6, 6.07) is 0. The minimum atomic E-state index is -1.88. The van der Waals surface area contributed by atoms with Gasteiger partial charge in [0.05, 0.1) is 12.2 Å². The lowest BCUT2D eigenvalue weighted by Gasteiger charge is -2.41. The van der Waals surface area contributed by atoms with Crippen LogP contribution in [-0.4, -0.2) is 35.1 Å². The van der Waals surface area contributed by atoms with Crippen LogP contribution in [0.1, 0.15) is 80.1 Å². The van der Waals surface area contributed by atoms with Gasteiger partial charge in [-0.3, -0.25) is 4.79 Å². The van der Waals surface area contributed by atoms with E-state index >= 15 is 0 Å². The molecule has 0 aliphatic heterocycles. The lowest BCUT2D eigenvalue weighted by molar-refractivity contribution is -0.105. The Kier molecular flexibility index (Phi) is 8.35. The lowest BCUT2D eigenvalue weighted by Crippen LogP contribution is -2.45. The van der Waals surface area contributed by atoms with Gasteiger partial charge < -0.3 is 8.85 Å². The summed E-state index contributed by atoms with van der Waals surface area (Å²) in [4.78, 5) is 11.6. The molecule has 3 nitrogen and oxygen atoms in total. The molecule has 0 unspecified atom stereocenters. The third-order valence-electron chi connectivity index (χ3n) is 9.91. The number of hydrogen-bond donors (Lipinski definition) is 0. The van der Waals surface area contributed by atoms with Gasteiger partial charge in [0.25, 0.3) is 0 Å². The predicted octanol–water partition coefficient (Wildman–Crippen LogP) is 8.29. The van der Waals surface area contributed by atoms with E-state index in [0.29, 0.717) is 23.7 Å². The molecule has 0 aromatic heterocycles. The summed E-state index contributed by atoms with van der Waals surface area (Å²) in [5.74, 6) is 1.95. The number of carbonyl (C=O) groups excluding carboxylic acids is 1. The van der Waals surface area contributed by atoms with E-state index in [1.165, 1.54) is 25.7 Å². The van der Waals surface area contributed by atoms with E-state index in [4.69, 9.17) is 8.85 Å². The second-order valence-corrected chi connectivity index (χ2v) is 23.9. The highest BCUT2D eigenvalue weighted by molar-refractivity contribution is 6.74. The molecule has 0 aromatic carbocycles. The Labute approximate surface area is 212 Å². The molecule has 194 valence electrons. The highest BCUT2D eigenvalue weighted by atomic mass is 28.4. The molecule has 0 heterocycles. The lowest BCUT2D eigenvalue weighted by atomic mass is 9.88. The van der Waals surface area contributed by atoms with Crippen molar-refractivity contribution in [3.05, 3.63) is 23.8 Å². The normalized spacial score (nSPS) is 30.1. The van der Waals surface area contributed by atoms with Crippen LogP contribution in [0.3, 0.4) is 0 Å². The zero-order chi connectivity index (χ0) is 25.5. The summed E-state index contributed by atoms with van der Waals surface area (Å²) >= 11 is 0. The first kappa shape index (κ1) is 28.1. The minimum Gasteiger partial charge on any atom is -0.413 e. The Bertz CT molecular complexity index is 778. The Balaban J connectivity index is 1.87. The molecule has 0 spiro atoms. The Hall–Kier alpha value is -0.496. The molecule has 0 N–H and O–H groups in total. The second kappa shape index (κ2) is 10.1. The van der Waals surface area contributed by atoms with Crippen LogP contribution in [0, 0.1) is 23.7 Å².